The van der Waals surface area contributed by atoms with E-state index in [4.69, 9.17) is 11.6 Å². The van der Waals surface area contributed by atoms with Gasteiger partial charge in [-0.2, -0.15) is 0 Å². The van der Waals surface area contributed by atoms with Crippen molar-refractivity contribution < 1.29 is 9.18 Å². The lowest BCUT2D eigenvalue weighted by atomic mass is 10.0. The van der Waals surface area contributed by atoms with E-state index >= 15 is 0 Å². The average molecular weight is 230 g/mol. The molecule has 1 N–H and O–H groups in total. The molecular formula is C11H13ClFNO. The van der Waals surface area contributed by atoms with E-state index in [0.717, 1.165) is 0 Å². The fourth-order valence-electron chi connectivity index (χ4n) is 1.19. The van der Waals surface area contributed by atoms with Crippen LogP contribution in [0, 0.1) is 5.82 Å². The van der Waals surface area contributed by atoms with Gasteiger partial charge in [0.05, 0.1) is 11.1 Å². The largest absolute Gasteiger partial charge is 0.311 e. The number of hydrogen-bond acceptors (Lipinski definition) is 2. The predicted molar refractivity (Wildman–Crippen MR) is 58.6 cm³/mol. The zero-order valence-corrected chi connectivity index (χ0v) is 9.44. The number of ketones is 1. The number of carbonyl (C=O) groups excluding carboxylic acids is 1. The second kappa shape index (κ2) is 5.24. The molecule has 1 atom stereocenters. The van der Waals surface area contributed by atoms with Crippen LogP contribution in [0.3, 0.4) is 0 Å². The normalized spacial score (nSPS) is 12.5. The van der Waals surface area contributed by atoms with Gasteiger partial charge in [0.1, 0.15) is 5.82 Å². The molecule has 0 aliphatic carbocycles. The highest BCUT2D eigenvalue weighted by Crippen LogP contribution is 2.20. The summed E-state index contributed by atoms with van der Waals surface area (Å²) in [5.41, 5.74) is 0.531. The molecule has 0 aromatic heterocycles. The lowest BCUT2D eigenvalue weighted by molar-refractivity contribution is -0.119. The number of carbonyl (C=O) groups is 1. The Kier molecular flexibility index (Phi) is 4.24. The number of rotatable bonds is 4. The maximum atomic E-state index is 13.1. The SMILES string of the molecule is CNC(C)C(=O)Cc1cccc(F)c1Cl. The fraction of sp³-hybridized carbons (Fsp3) is 0.364. The summed E-state index contributed by atoms with van der Waals surface area (Å²) < 4.78 is 13.1. The molecule has 82 valence electrons. The van der Waals surface area contributed by atoms with Gasteiger partial charge in [0.2, 0.25) is 0 Å². The molecule has 2 nitrogen and oxygen atoms in total. The highest BCUT2D eigenvalue weighted by molar-refractivity contribution is 6.31. The lowest BCUT2D eigenvalue weighted by Crippen LogP contribution is -2.31. The minimum Gasteiger partial charge on any atom is -0.311 e. The van der Waals surface area contributed by atoms with Crippen molar-refractivity contribution in [2.45, 2.75) is 19.4 Å². The molecule has 15 heavy (non-hydrogen) atoms. The molecule has 0 aliphatic rings. The molecule has 0 heterocycles. The third-order valence-corrected chi connectivity index (χ3v) is 2.74. The Balaban J connectivity index is 2.81. The van der Waals surface area contributed by atoms with Crippen LogP contribution in [0.4, 0.5) is 4.39 Å². The molecule has 1 unspecified atom stereocenters. The van der Waals surface area contributed by atoms with Gasteiger partial charge in [0, 0.05) is 6.42 Å². The number of Topliss-reactive ketones (excluding diaryl/α,β-unsaturated/α-hetero) is 1. The van der Waals surface area contributed by atoms with Gasteiger partial charge in [0.15, 0.2) is 5.78 Å². The fourth-order valence-corrected chi connectivity index (χ4v) is 1.38. The van der Waals surface area contributed by atoms with Crippen LogP contribution in [0.15, 0.2) is 18.2 Å². The minimum absolute atomic E-state index is 0.00926. The van der Waals surface area contributed by atoms with Crippen LogP contribution in [-0.4, -0.2) is 18.9 Å². The monoisotopic (exact) mass is 229 g/mol. The Morgan fingerprint density at radius 2 is 2.27 bits per heavy atom. The van der Waals surface area contributed by atoms with Crippen molar-refractivity contribution in [1.82, 2.24) is 5.32 Å². The molecule has 0 fully saturated rings. The van der Waals surface area contributed by atoms with E-state index in [0.29, 0.717) is 5.56 Å². The third-order valence-electron chi connectivity index (χ3n) is 2.31. The molecule has 0 radical (unpaired) electrons. The second-order valence-corrected chi connectivity index (χ2v) is 3.74. The molecule has 0 saturated carbocycles. The van der Waals surface area contributed by atoms with E-state index in [2.05, 4.69) is 5.32 Å². The van der Waals surface area contributed by atoms with Crippen LogP contribution in [0.2, 0.25) is 5.02 Å². The number of benzene rings is 1. The smallest absolute Gasteiger partial charge is 0.153 e. The Morgan fingerprint density at radius 3 is 2.87 bits per heavy atom. The van der Waals surface area contributed by atoms with E-state index in [1.165, 1.54) is 6.07 Å². The molecule has 0 amide bonds. The molecule has 0 spiro atoms. The third kappa shape index (κ3) is 3.01. The van der Waals surface area contributed by atoms with Gasteiger partial charge >= 0.3 is 0 Å². The summed E-state index contributed by atoms with van der Waals surface area (Å²) in [5, 5.41) is 2.87. The van der Waals surface area contributed by atoms with Gasteiger partial charge in [-0.05, 0) is 25.6 Å². The van der Waals surface area contributed by atoms with Gasteiger partial charge in [-0.25, -0.2) is 4.39 Å². The second-order valence-electron chi connectivity index (χ2n) is 3.37. The minimum atomic E-state index is -0.487. The van der Waals surface area contributed by atoms with Crippen molar-refractivity contribution in [3.05, 3.63) is 34.6 Å². The molecule has 0 aliphatic heterocycles. The predicted octanol–water partition coefficient (Wildman–Crippen LogP) is 2.20. The molecule has 1 rings (SSSR count). The first kappa shape index (κ1) is 12.1. The van der Waals surface area contributed by atoms with Crippen molar-refractivity contribution in [1.29, 1.82) is 0 Å². The van der Waals surface area contributed by atoms with Crippen LogP contribution in [0.1, 0.15) is 12.5 Å². The highest BCUT2D eigenvalue weighted by atomic mass is 35.5. The molecule has 0 saturated heterocycles. The first-order valence-electron chi connectivity index (χ1n) is 4.69. The lowest BCUT2D eigenvalue weighted by Gasteiger charge is -2.09. The Labute approximate surface area is 93.4 Å². The van der Waals surface area contributed by atoms with E-state index < -0.39 is 5.82 Å². The standard InChI is InChI=1S/C11H13ClFNO/c1-7(14-2)10(15)6-8-4-3-5-9(13)11(8)12/h3-5,7,14H,6H2,1-2H3. The number of hydrogen-bond donors (Lipinski definition) is 1. The maximum absolute atomic E-state index is 13.1. The zero-order chi connectivity index (χ0) is 11.4. The van der Waals surface area contributed by atoms with E-state index in [9.17, 15) is 9.18 Å². The van der Waals surface area contributed by atoms with Gasteiger partial charge in [-0.15, -0.1) is 0 Å². The molecule has 1 aromatic rings. The van der Waals surface area contributed by atoms with Gasteiger partial charge < -0.3 is 5.32 Å². The molecular weight excluding hydrogens is 217 g/mol. The van der Waals surface area contributed by atoms with Crippen molar-refractivity contribution >= 4 is 17.4 Å². The summed E-state index contributed by atoms with van der Waals surface area (Å²) in [6.45, 7) is 1.76. The molecule has 1 aromatic carbocycles. The van der Waals surface area contributed by atoms with E-state index in [-0.39, 0.29) is 23.3 Å². The topological polar surface area (TPSA) is 29.1 Å². The first-order chi connectivity index (χ1) is 7.06. The Bertz CT molecular complexity index is 368. The van der Waals surface area contributed by atoms with Crippen molar-refractivity contribution in [2.24, 2.45) is 0 Å². The maximum Gasteiger partial charge on any atom is 0.153 e. The summed E-state index contributed by atoms with van der Waals surface area (Å²) in [4.78, 5) is 11.6. The van der Waals surface area contributed by atoms with Crippen LogP contribution in [0.5, 0.6) is 0 Å². The Hall–Kier alpha value is -0.930. The van der Waals surface area contributed by atoms with Crippen LogP contribution in [0.25, 0.3) is 0 Å². The van der Waals surface area contributed by atoms with Gasteiger partial charge in [-0.1, -0.05) is 23.7 Å². The van der Waals surface area contributed by atoms with Gasteiger partial charge in [0.25, 0.3) is 0 Å². The van der Waals surface area contributed by atoms with E-state index in [1.807, 2.05) is 0 Å². The number of likely N-dealkylation sites (N-methyl/N-ethyl adjacent to an activating group) is 1. The summed E-state index contributed by atoms with van der Waals surface area (Å²) >= 11 is 5.74. The zero-order valence-electron chi connectivity index (χ0n) is 8.68. The highest BCUT2D eigenvalue weighted by Gasteiger charge is 2.14. The van der Waals surface area contributed by atoms with Gasteiger partial charge in [-0.3, -0.25) is 4.79 Å². The van der Waals surface area contributed by atoms with Crippen LogP contribution in [-0.2, 0) is 11.2 Å². The Morgan fingerprint density at radius 1 is 1.60 bits per heavy atom. The summed E-state index contributed by atoms with van der Waals surface area (Å²) in [5.74, 6) is -0.496. The van der Waals surface area contributed by atoms with Crippen molar-refractivity contribution in [3.8, 4) is 0 Å². The molecule has 0 bridgehead atoms. The first-order valence-corrected chi connectivity index (χ1v) is 5.07. The van der Waals surface area contributed by atoms with Crippen molar-refractivity contribution in [2.75, 3.05) is 7.05 Å². The van der Waals surface area contributed by atoms with Crippen molar-refractivity contribution in [3.63, 3.8) is 0 Å². The summed E-state index contributed by atoms with van der Waals surface area (Å²) in [6, 6.07) is 4.24. The van der Waals surface area contributed by atoms with Crippen LogP contribution >= 0.6 is 11.6 Å². The summed E-state index contributed by atoms with van der Waals surface area (Å²) in [7, 11) is 1.70. The van der Waals surface area contributed by atoms with Crippen LogP contribution < -0.4 is 5.32 Å². The number of halogens is 2. The van der Waals surface area contributed by atoms with E-state index in [1.54, 1.807) is 26.1 Å². The average Bonchev–Trinajstić information content (AvgIpc) is 2.23. The summed E-state index contributed by atoms with van der Waals surface area (Å²) in [6.07, 6.45) is 0.151. The molecule has 4 heteroatoms. The quantitative estimate of drug-likeness (QED) is 0.858. The number of nitrogens with one attached hydrogen (secondary N) is 1.